The zero-order valence-corrected chi connectivity index (χ0v) is 11.9. The van der Waals surface area contributed by atoms with Crippen LogP contribution in [0.25, 0.3) is 11.4 Å². The molecule has 0 bridgehead atoms. The first-order valence-corrected chi connectivity index (χ1v) is 7.02. The van der Waals surface area contributed by atoms with Gasteiger partial charge in [0, 0.05) is 18.2 Å². The van der Waals surface area contributed by atoms with E-state index in [-0.39, 0.29) is 0 Å². The first kappa shape index (κ1) is 12.1. The molecule has 21 heavy (non-hydrogen) atoms. The van der Waals surface area contributed by atoms with E-state index in [4.69, 9.17) is 4.98 Å². The molecule has 0 N–H and O–H groups in total. The zero-order valence-electron chi connectivity index (χ0n) is 11.9. The molecule has 1 aliphatic carbocycles. The maximum Gasteiger partial charge on any atom is 0.153 e. The van der Waals surface area contributed by atoms with Gasteiger partial charge in [0.25, 0.3) is 0 Å². The Morgan fingerprint density at radius 2 is 1.90 bits per heavy atom. The van der Waals surface area contributed by atoms with E-state index in [1.165, 1.54) is 11.1 Å². The molecule has 2 aromatic heterocycles. The molecule has 0 fully saturated rings. The number of pyridine rings is 1. The molecule has 3 aromatic rings. The third kappa shape index (κ3) is 1.89. The minimum absolute atomic E-state index is 0.846. The second-order valence-corrected chi connectivity index (χ2v) is 5.38. The smallest absolute Gasteiger partial charge is 0.153 e. The monoisotopic (exact) mass is 273 g/mol. The molecule has 0 saturated heterocycles. The zero-order chi connectivity index (χ0) is 14.4. The van der Waals surface area contributed by atoms with Crippen LogP contribution in [-0.4, -0.2) is 14.8 Å². The van der Waals surface area contributed by atoms with E-state index in [1.807, 2.05) is 29.9 Å². The van der Waals surface area contributed by atoms with Gasteiger partial charge >= 0.3 is 0 Å². The van der Waals surface area contributed by atoms with Crippen molar-refractivity contribution in [2.75, 3.05) is 0 Å². The van der Waals surface area contributed by atoms with Crippen LogP contribution in [0.15, 0.2) is 55.2 Å². The van der Waals surface area contributed by atoms with Crippen molar-refractivity contribution in [1.82, 2.24) is 14.8 Å². The molecule has 4 rings (SSSR count). The summed E-state index contributed by atoms with van der Waals surface area (Å²) in [4.78, 5) is 4.79. The minimum atomic E-state index is 0.846. The fraction of sp³-hybridized carbons (Fsp3) is 0.111. The Balaban J connectivity index is 1.83. The van der Waals surface area contributed by atoms with Gasteiger partial charge in [-0.2, -0.15) is 5.10 Å². The molecule has 0 unspecified atom stereocenters. The number of hydrogen-bond donors (Lipinski definition) is 0. The van der Waals surface area contributed by atoms with E-state index in [2.05, 4.69) is 42.0 Å². The van der Waals surface area contributed by atoms with Gasteiger partial charge < -0.3 is 0 Å². The molecule has 3 heteroatoms. The van der Waals surface area contributed by atoms with Crippen LogP contribution in [-0.2, 0) is 6.42 Å². The van der Waals surface area contributed by atoms with E-state index in [0.717, 1.165) is 34.8 Å². The third-order valence-corrected chi connectivity index (χ3v) is 3.94. The van der Waals surface area contributed by atoms with Crippen LogP contribution in [0.1, 0.15) is 28.1 Å². The Morgan fingerprint density at radius 3 is 2.71 bits per heavy atom. The van der Waals surface area contributed by atoms with Crippen LogP contribution >= 0.6 is 0 Å². The van der Waals surface area contributed by atoms with Crippen molar-refractivity contribution < 1.29 is 0 Å². The first-order chi connectivity index (χ1) is 10.2. The van der Waals surface area contributed by atoms with Gasteiger partial charge in [-0.05, 0) is 41.8 Å². The van der Waals surface area contributed by atoms with Crippen LogP contribution in [0.3, 0.4) is 0 Å². The maximum absolute atomic E-state index is 4.79. The van der Waals surface area contributed by atoms with E-state index in [9.17, 15) is 0 Å². The molecule has 1 aromatic carbocycles. The summed E-state index contributed by atoms with van der Waals surface area (Å²) in [7, 11) is 0. The van der Waals surface area contributed by atoms with Crippen molar-refractivity contribution in [3.05, 3.63) is 83.3 Å². The Bertz CT molecular complexity index is 858. The number of fused-ring (bicyclic) bond motifs is 2. The summed E-state index contributed by atoms with van der Waals surface area (Å²) in [6, 6.07) is 14.5. The highest BCUT2D eigenvalue weighted by Crippen LogP contribution is 2.33. The summed E-state index contributed by atoms with van der Waals surface area (Å²) in [5, 5.41) is 4.42. The fourth-order valence-electron chi connectivity index (χ4n) is 2.86. The fourth-order valence-corrected chi connectivity index (χ4v) is 2.86. The Labute approximate surface area is 123 Å². The molecule has 0 atom stereocenters. The third-order valence-electron chi connectivity index (χ3n) is 3.94. The average molecular weight is 273 g/mol. The van der Waals surface area contributed by atoms with E-state index in [0.29, 0.717) is 0 Å². The summed E-state index contributed by atoms with van der Waals surface area (Å²) in [6.07, 6.45) is 2.79. The lowest BCUT2D eigenvalue weighted by Crippen LogP contribution is -2.10. The largest absolute Gasteiger partial charge is 0.233 e. The molecular weight excluding hydrogens is 258 g/mol. The molecule has 0 amide bonds. The van der Waals surface area contributed by atoms with Crippen molar-refractivity contribution in [1.29, 1.82) is 0 Å². The predicted octanol–water partition coefficient (Wildman–Crippen LogP) is 3.54. The van der Waals surface area contributed by atoms with Gasteiger partial charge in [0.1, 0.15) is 0 Å². The van der Waals surface area contributed by atoms with Gasteiger partial charge in [0.05, 0.1) is 11.4 Å². The highest BCUT2D eigenvalue weighted by Gasteiger charge is 2.20. The van der Waals surface area contributed by atoms with Gasteiger partial charge in [0.15, 0.2) is 5.82 Å². The topological polar surface area (TPSA) is 30.7 Å². The number of hydrogen-bond acceptors (Lipinski definition) is 2. The SMILES string of the molecule is C=C1c2ccccc2Cc2nc(-n3ccc(C)n3)ccc21. The Morgan fingerprint density at radius 1 is 1.05 bits per heavy atom. The van der Waals surface area contributed by atoms with Gasteiger partial charge in [-0.15, -0.1) is 0 Å². The Kier molecular flexibility index (Phi) is 2.54. The molecule has 1 aliphatic rings. The number of benzene rings is 1. The summed E-state index contributed by atoms with van der Waals surface area (Å²) in [5.74, 6) is 0.856. The Hall–Kier alpha value is -2.68. The van der Waals surface area contributed by atoms with Crippen LogP contribution < -0.4 is 0 Å². The predicted molar refractivity (Wildman–Crippen MR) is 83.5 cm³/mol. The summed E-state index contributed by atoms with van der Waals surface area (Å²) in [5.41, 5.74) is 6.78. The number of aromatic nitrogens is 3. The molecule has 3 nitrogen and oxygen atoms in total. The number of nitrogens with zero attached hydrogens (tertiary/aromatic N) is 3. The second kappa shape index (κ2) is 4.42. The van der Waals surface area contributed by atoms with Gasteiger partial charge in [-0.3, -0.25) is 0 Å². The van der Waals surface area contributed by atoms with Gasteiger partial charge in [-0.25, -0.2) is 9.67 Å². The van der Waals surface area contributed by atoms with Crippen LogP contribution in [0.4, 0.5) is 0 Å². The normalized spacial score (nSPS) is 12.9. The molecule has 0 spiro atoms. The maximum atomic E-state index is 4.79. The summed E-state index contributed by atoms with van der Waals surface area (Å²) in [6.45, 7) is 6.22. The molecule has 102 valence electrons. The van der Waals surface area contributed by atoms with Crippen LogP contribution in [0.5, 0.6) is 0 Å². The number of aryl methyl sites for hydroxylation is 1. The standard InChI is InChI=1S/C18H15N3/c1-12-9-10-21(20-12)18-8-7-16-13(2)15-6-4-3-5-14(15)11-17(16)19-18/h3-10H,2,11H2,1H3. The van der Waals surface area contributed by atoms with Crippen molar-refractivity contribution >= 4 is 5.57 Å². The van der Waals surface area contributed by atoms with Crippen molar-refractivity contribution in [2.24, 2.45) is 0 Å². The summed E-state index contributed by atoms with van der Waals surface area (Å²) >= 11 is 0. The van der Waals surface area contributed by atoms with E-state index in [1.54, 1.807) is 0 Å². The lowest BCUT2D eigenvalue weighted by molar-refractivity contribution is 0.820. The van der Waals surface area contributed by atoms with Gasteiger partial charge in [-0.1, -0.05) is 30.8 Å². The molecule has 0 saturated carbocycles. The van der Waals surface area contributed by atoms with Crippen molar-refractivity contribution in [3.8, 4) is 5.82 Å². The lowest BCUT2D eigenvalue weighted by atomic mass is 9.86. The first-order valence-electron chi connectivity index (χ1n) is 7.02. The molecule has 0 aliphatic heterocycles. The minimum Gasteiger partial charge on any atom is -0.233 e. The van der Waals surface area contributed by atoms with E-state index >= 15 is 0 Å². The number of rotatable bonds is 1. The average Bonchev–Trinajstić information content (AvgIpc) is 2.94. The second-order valence-electron chi connectivity index (χ2n) is 5.38. The summed E-state index contributed by atoms with van der Waals surface area (Å²) < 4.78 is 1.82. The lowest BCUT2D eigenvalue weighted by Gasteiger charge is -2.21. The molecular formula is C18H15N3. The van der Waals surface area contributed by atoms with Crippen molar-refractivity contribution in [2.45, 2.75) is 13.3 Å². The molecule has 2 heterocycles. The highest BCUT2D eigenvalue weighted by molar-refractivity contribution is 5.83. The van der Waals surface area contributed by atoms with Crippen LogP contribution in [0.2, 0.25) is 0 Å². The van der Waals surface area contributed by atoms with Crippen LogP contribution in [0, 0.1) is 6.92 Å². The van der Waals surface area contributed by atoms with Crippen molar-refractivity contribution in [3.63, 3.8) is 0 Å². The quantitative estimate of drug-likeness (QED) is 0.531. The van der Waals surface area contributed by atoms with Gasteiger partial charge in [0.2, 0.25) is 0 Å². The highest BCUT2D eigenvalue weighted by atomic mass is 15.3. The molecule has 0 radical (unpaired) electrons. The van der Waals surface area contributed by atoms with E-state index < -0.39 is 0 Å².